The fraction of sp³-hybridized carbons (Fsp3) is 0.125. The molecule has 0 aliphatic heterocycles. The van der Waals surface area contributed by atoms with Crippen molar-refractivity contribution in [2.75, 3.05) is 0 Å². The molecule has 0 radical (unpaired) electrons. The smallest absolute Gasteiger partial charge is 0.0876 e. The predicted molar refractivity (Wildman–Crippen MR) is 44.9 cm³/mol. The molecule has 0 aliphatic rings. The quantitative estimate of drug-likeness (QED) is 0.587. The first kappa shape index (κ1) is 6.68. The van der Waals surface area contributed by atoms with E-state index in [4.69, 9.17) is 11.6 Å². The molecule has 2 rings (SSSR count). The number of halogens is 1. The van der Waals surface area contributed by atoms with E-state index in [1.807, 2.05) is 25.3 Å². The summed E-state index contributed by atoms with van der Waals surface area (Å²) in [5.74, 6) is 0. The highest BCUT2D eigenvalue weighted by Gasteiger charge is 2.01. The zero-order valence-corrected chi connectivity index (χ0v) is 6.84. The summed E-state index contributed by atoms with van der Waals surface area (Å²) in [7, 11) is 0. The maximum Gasteiger partial charge on any atom is 0.0876 e. The van der Waals surface area contributed by atoms with E-state index >= 15 is 0 Å². The Hall–Kier alpha value is -1.02. The summed E-state index contributed by atoms with van der Waals surface area (Å²) in [4.78, 5) is 0. The van der Waals surface area contributed by atoms with Crippen molar-refractivity contribution in [1.29, 1.82) is 0 Å². The Morgan fingerprint density at radius 1 is 1.55 bits per heavy atom. The topological polar surface area (TPSA) is 17.3 Å². The molecule has 0 fully saturated rings. The molecule has 0 spiro atoms. The van der Waals surface area contributed by atoms with Crippen molar-refractivity contribution in [3.63, 3.8) is 0 Å². The van der Waals surface area contributed by atoms with Gasteiger partial charge in [-0.3, -0.25) is 0 Å². The number of rotatable bonds is 0. The van der Waals surface area contributed by atoms with Crippen LogP contribution in [0, 0.1) is 6.92 Å². The number of aryl methyl sites for hydroxylation is 1. The van der Waals surface area contributed by atoms with E-state index in [0.717, 1.165) is 16.1 Å². The average molecular weight is 167 g/mol. The Bertz CT molecular complexity index is 392. The summed E-state index contributed by atoms with van der Waals surface area (Å²) in [6, 6.07) is 3.74. The van der Waals surface area contributed by atoms with Gasteiger partial charge in [0.1, 0.15) is 0 Å². The van der Waals surface area contributed by atoms with Crippen LogP contribution in [0.3, 0.4) is 0 Å². The summed E-state index contributed by atoms with van der Waals surface area (Å²) in [6.45, 7) is 1.99. The summed E-state index contributed by atoms with van der Waals surface area (Å²) < 4.78 is 1.78. The van der Waals surface area contributed by atoms with Crippen molar-refractivity contribution in [3.8, 4) is 0 Å². The molecule has 0 aliphatic carbocycles. The van der Waals surface area contributed by atoms with Crippen LogP contribution in [-0.4, -0.2) is 9.61 Å². The van der Waals surface area contributed by atoms with Gasteiger partial charge in [0.25, 0.3) is 0 Å². The number of hydrogen-bond donors (Lipinski definition) is 0. The van der Waals surface area contributed by atoms with Crippen molar-refractivity contribution < 1.29 is 0 Å². The van der Waals surface area contributed by atoms with Gasteiger partial charge in [0.05, 0.1) is 16.7 Å². The SMILES string of the molecule is Cc1cnn2cccc(Cl)c12. The number of aromatic nitrogens is 2. The summed E-state index contributed by atoms with van der Waals surface area (Å²) in [6.07, 6.45) is 3.69. The molecule has 11 heavy (non-hydrogen) atoms. The van der Waals surface area contributed by atoms with Crippen LogP contribution in [0.1, 0.15) is 5.56 Å². The van der Waals surface area contributed by atoms with Crippen LogP contribution in [-0.2, 0) is 0 Å². The van der Waals surface area contributed by atoms with E-state index < -0.39 is 0 Å². The monoisotopic (exact) mass is 166 g/mol. The Balaban J connectivity index is 2.96. The molecule has 56 valence electrons. The maximum absolute atomic E-state index is 5.94. The largest absolute Gasteiger partial charge is 0.239 e. The van der Waals surface area contributed by atoms with Crippen molar-refractivity contribution in [1.82, 2.24) is 9.61 Å². The third-order valence-corrected chi connectivity index (χ3v) is 1.98. The van der Waals surface area contributed by atoms with E-state index in [9.17, 15) is 0 Å². The second-order valence-electron chi connectivity index (χ2n) is 2.48. The third kappa shape index (κ3) is 0.906. The number of fused-ring (bicyclic) bond motifs is 1. The molecule has 3 heteroatoms. The lowest BCUT2D eigenvalue weighted by atomic mass is 10.3. The third-order valence-electron chi connectivity index (χ3n) is 1.67. The normalized spacial score (nSPS) is 10.7. The molecule has 0 amide bonds. The van der Waals surface area contributed by atoms with Gasteiger partial charge in [-0.25, -0.2) is 4.52 Å². The highest BCUT2D eigenvalue weighted by molar-refractivity contribution is 6.33. The first-order chi connectivity index (χ1) is 5.29. The first-order valence-corrected chi connectivity index (χ1v) is 3.75. The summed E-state index contributed by atoms with van der Waals surface area (Å²) in [5.41, 5.74) is 2.10. The number of hydrogen-bond acceptors (Lipinski definition) is 1. The van der Waals surface area contributed by atoms with Gasteiger partial charge in [0, 0.05) is 6.20 Å². The molecule has 2 aromatic rings. The van der Waals surface area contributed by atoms with Crippen molar-refractivity contribution in [2.24, 2.45) is 0 Å². The van der Waals surface area contributed by atoms with Gasteiger partial charge in [-0.2, -0.15) is 5.10 Å². The van der Waals surface area contributed by atoms with Crippen LogP contribution in [0.2, 0.25) is 5.02 Å². The van der Waals surface area contributed by atoms with Crippen LogP contribution in [0.15, 0.2) is 24.5 Å². The molecule has 0 saturated heterocycles. The van der Waals surface area contributed by atoms with Gasteiger partial charge in [0.2, 0.25) is 0 Å². The second kappa shape index (κ2) is 2.24. The van der Waals surface area contributed by atoms with Gasteiger partial charge in [-0.1, -0.05) is 11.6 Å². The molecule has 0 N–H and O–H groups in total. The summed E-state index contributed by atoms with van der Waals surface area (Å²) in [5, 5.41) is 4.86. The van der Waals surface area contributed by atoms with E-state index in [1.165, 1.54) is 0 Å². The van der Waals surface area contributed by atoms with E-state index in [-0.39, 0.29) is 0 Å². The minimum atomic E-state index is 0.752. The molecule has 0 aromatic carbocycles. The lowest BCUT2D eigenvalue weighted by Crippen LogP contribution is -1.84. The van der Waals surface area contributed by atoms with Crippen LogP contribution in [0.5, 0.6) is 0 Å². The Morgan fingerprint density at radius 2 is 2.36 bits per heavy atom. The van der Waals surface area contributed by atoms with Crippen molar-refractivity contribution >= 4 is 17.1 Å². The Morgan fingerprint density at radius 3 is 3.09 bits per heavy atom. The predicted octanol–water partition coefficient (Wildman–Crippen LogP) is 2.30. The molecule has 2 heterocycles. The van der Waals surface area contributed by atoms with Gasteiger partial charge in [-0.15, -0.1) is 0 Å². The highest BCUT2D eigenvalue weighted by Crippen LogP contribution is 2.19. The molecule has 0 atom stereocenters. The highest BCUT2D eigenvalue weighted by atomic mass is 35.5. The molecule has 0 bridgehead atoms. The first-order valence-electron chi connectivity index (χ1n) is 3.37. The van der Waals surface area contributed by atoms with Gasteiger partial charge in [-0.05, 0) is 24.6 Å². The lowest BCUT2D eigenvalue weighted by molar-refractivity contribution is 0.961. The molecule has 2 aromatic heterocycles. The zero-order chi connectivity index (χ0) is 7.84. The van der Waals surface area contributed by atoms with Gasteiger partial charge in [0.15, 0.2) is 0 Å². The van der Waals surface area contributed by atoms with E-state index in [2.05, 4.69) is 5.10 Å². The van der Waals surface area contributed by atoms with Gasteiger partial charge < -0.3 is 0 Å². The molecular formula is C8H7ClN2. The summed E-state index contributed by atoms with van der Waals surface area (Å²) >= 11 is 5.94. The molecule has 2 nitrogen and oxygen atoms in total. The number of pyridine rings is 1. The fourth-order valence-corrected chi connectivity index (χ4v) is 1.46. The molecular weight excluding hydrogens is 160 g/mol. The van der Waals surface area contributed by atoms with Crippen LogP contribution in [0.25, 0.3) is 5.52 Å². The Kier molecular flexibility index (Phi) is 1.36. The van der Waals surface area contributed by atoms with E-state index in [1.54, 1.807) is 10.7 Å². The number of nitrogens with zero attached hydrogens (tertiary/aromatic N) is 2. The van der Waals surface area contributed by atoms with Gasteiger partial charge >= 0.3 is 0 Å². The molecule has 0 unspecified atom stereocenters. The Labute approximate surface area is 69.4 Å². The van der Waals surface area contributed by atoms with Crippen LogP contribution in [0.4, 0.5) is 0 Å². The van der Waals surface area contributed by atoms with E-state index in [0.29, 0.717) is 0 Å². The zero-order valence-electron chi connectivity index (χ0n) is 6.08. The standard InChI is InChI=1S/C8H7ClN2/c1-6-5-10-11-4-2-3-7(9)8(6)11/h2-5H,1H3. The van der Waals surface area contributed by atoms with Crippen molar-refractivity contribution in [2.45, 2.75) is 6.92 Å². The molecule has 0 saturated carbocycles. The van der Waals surface area contributed by atoms with Crippen molar-refractivity contribution in [3.05, 3.63) is 35.1 Å². The minimum Gasteiger partial charge on any atom is -0.239 e. The minimum absolute atomic E-state index is 0.752. The van der Waals surface area contributed by atoms with Crippen LogP contribution >= 0.6 is 11.6 Å². The van der Waals surface area contributed by atoms with Crippen LogP contribution < -0.4 is 0 Å². The second-order valence-corrected chi connectivity index (χ2v) is 2.88. The fourth-order valence-electron chi connectivity index (χ4n) is 1.15. The lowest BCUT2D eigenvalue weighted by Gasteiger charge is -1.94. The average Bonchev–Trinajstić information content (AvgIpc) is 2.34. The maximum atomic E-state index is 5.94.